The fourth-order valence-corrected chi connectivity index (χ4v) is 2.78. The van der Waals surface area contributed by atoms with Crippen LogP contribution in [0.15, 0.2) is 46.9 Å². The van der Waals surface area contributed by atoms with Gasteiger partial charge < -0.3 is 4.42 Å². The maximum absolute atomic E-state index is 11.2. The first-order valence-corrected chi connectivity index (χ1v) is 8.51. The molecule has 0 saturated carbocycles. The fourth-order valence-electron chi connectivity index (χ4n) is 2.23. The summed E-state index contributed by atoms with van der Waals surface area (Å²) in [5.74, 6) is 0.558. The van der Waals surface area contributed by atoms with E-state index in [9.17, 15) is 10.1 Å². The summed E-state index contributed by atoms with van der Waals surface area (Å²) in [6.45, 7) is 0. The van der Waals surface area contributed by atoms with Crippen molar-refractivity contribution in [3.8, 4) is 22.9 Å². The number of nitro groups is 1. The zero-order valence-corrected chi connectivity index (χ0v) is 14.6. The molecule has 0 aliphatic heterocycles. The lowest BCUT2D eigenvalue weighted by Gasteiger charge is -2.02. The van der Waals surface area contributed by atoms with Crippen molar-refractivity contribution in [2.75, 3.05) is 5.33 Å². The molecule has 0 amide bonds. The number of aryl methyl sites for hydroxylation is 1. The van der Waals surface area contributed by atoms with E-state index in [0.29, 0.717) is 33.8 Å². The van der Waals surface area contributed by atoms with Gasteiger partial charge in [0.2, 0.25) is 11.8 Å². The van der Waals surface area contributed by atoms with Crippen molar-refractivity contribution in [3.05, 3.63) is 63.2 Å². The molecule has 2 aromatic carbocycles. The maximum atomic E-state index is 11.2. The quantitative estimate of drug-likeness (QED) is 0.340. The number of benzene rings is 2. The summed E-state index contributed by atoms with van der Waals surface area (Å²) >= 11 is 9.15. The van der Waals surface area contributed by atoms with Crippen LogP contribution >= 0.6 is 27.5 Å². The van der Waals surface area contributed by atoms with Crippen LogP contribution in [0.5, 0.6) is 0 Å². The van der Waals surface area contributed by atoms with Crippen molar-refractivity contribution in [3.63, 3.8) is 0 Å². The summed E-state index contributed by atoms with van der Waals surface area (Å²) in [4.78, 5) is 10.8. The van der Waals surface area contributed by atoms with Gasteiger partial charge in [0, 0.05) is 33.1 Å². The van der Waals surface area contributed by atoms with Gasteiger partial charge in [-0.05, 0) is 36.8 Å². The number of rotatable bonds is 5. The molecule has 24 heavy (non-hydrogen) atoms. The van der Waals surface area contributed by atoms with Gasteiger partial charge in [0.25, 0.3) is 5.69 Å². The van der Waals surface area contributed by atoms with E-state index in [2.05, 4.69) is 26.1 Å². The van der Waals surface area contributed by atoms with Gasteiger partial charge in [0.15, 0.2) is 0 Å². The van der Waals surface area contributed by atoms with Crippen LogP contribution in [0.1, 0.15) is 5.56 Å². The summed E-state index contributed by atoms with van der Waals surface area (Å²) in [6, 6.07) is 11.9. The standard InChI is InChI=1S/C16H11BrClN3O3/c17-8-7-10-1-2-12(9-14(10)21(22)23)16-20-19-15(24-16)11-3-5-13(18)6-4-11/h1-6,9H,7-8H2. The topological polar surface area (TPSA) is 82.1 Å². The summed E-state index contributed by atoms with van der Waals surface area (Å²) in [5.41, 5.74) is 1.92. The van der Waals surface area contributed by atoms with E-state index in [4.69, 9.17) is 16.0 Å². The van der Waals surface area contributed by atoms with Crippen LogP contribution in [0.2, 0.25) is 5.02 Å². The van der Waals surface area contributed by atoms with E-state index in [1.54, 1.807) is 36.4 Å². The van der Waals surface area contributed by atoms with Crippen LogP contribution in [0, 0.1) is 10.1 Å². The predicted molar refractivity (Wildman–Crippen MR) is 94.3 cm³/mol. The van der Waals surface area contributed by atoms with Crippen LogP contribution in [-0.2, 0) is 6.42 Å². The van der Waals surface area contributed by atoms with E-state index < -0.39 is 4.92 Å². The average Bonchev–Trinajstić information content (AvgIpc) is 3.06. The zero-order chi connectivity index (χ0) is 17.1. The van der Waals surface area contributed by atoms with Crippen LogP contribution in [0.25, 0.3) is 22.9 Å². The average molecular weight is 409 g/mol. The van der Waals surface area contributed by atoms with Crippen molar-refractivity contribution in [1.82, 2.24) is 10.2 Å². The Morgan fingerprint density at radius 2 is 1.71 bits per heavy atom. The Kier molecular flexibility index (Phi) is 4.92. The van der Waals surface area contributed by atoms with E-state index in [1.807, 2.05) is 0 Å². The molecular weight excluding hydrogens is 398 g/mol. The zero-order valence-electron chi connectivity index (χ0n) is 12.3. The molecule has 0 saturated heterocycles. The first-order valence-electron chi connectivity index (χ1n) is 7.01. The fraction of sp³-hybridized carbons (Fsp3) is 0.125. The SMILES string of the molecule is O=[N+]([O-])c1cc(-c2nnc(-c3ccc(Cl)cc3)o2)ccc1CCBr. The minimum absolute atomic E-state index is 0.0400. The van der Waals surface area contributed by atoms with E-state index in [1.165, 1.54) is 6.07 Å². The second-order valence-electron chi connectivity index (χ2n) is 4.96. The monoisotopic (exact) mass is 407 g/mol. The van der Waals surface area contributed by atoms with Gasteiger partial charge in [-0.1, -0.05) is 33.6 Å². The molecule has 3 rings (SSSR count). The van der Waals surface area contributed by atoms with Crippen molar-refractivity contribution in [2.45, 2.75) is 6.42 Å². The highest BCUT2D eigenvalue weighted by Gasteiger charge is 2.18. The normalized spacial score (nSPS) is 10.8. The molecule has 0 aliphatic rings. The van der Waals surface area contributed by atoms with Crippen LogP contribution < -0.4 is 0 Å². The second kappa shape index (κ2) is 7.11. The lowest BCUT2D eigenvalue weighted by atomic mass is 10.1. The minimum Gasteiger partial charge on any atom is -0.416 e. The lowest BCUT2D eigenvalue weighted by molar-refractivity contribution is -0.385. The number of nitrogens with zero attached hydrogens (tertiary/aromatic N) is 3. The minimum atomic E-state index is -0.405. The molecule has 1 aromatic heterocycles. The number of nitro benzene ring substituents is 1. The van der Waals surface area contributed by atoms with Gasteiger partial charge in [-0.3, -0.25) is 10.1 Å². The Morgan fingerprint density at radius 1 is 1.08 bits per heavy atom. The van der Waals surface area contributed by atoms with Crippen molar-refractivity contribution >= 4 is 33.2 Å². The van der Waals surface area contributed by atoms with Crippen molar-refractivity contribution < 1.29 is 9.34 Å². The number of hydrogen-bond donors (Lipinski definition) is 0. The Balaban J connectivity index is 1.96. The third-order valence-corrected chi connectivity index (χ3v) is 4.06. The number of hydrogen-bond acceptors (Lipinski definition) is 5. The van der Waals surface area contributed by atoms with Crippen molar-refractivity contribution in [2.24, 2.45) is 0 Å². The molecule has 0 atom stereocenters. The second-order valence-corrected chi connectivity index (χ2v) is 6.19. The molecule has 0 bridgehead atoms. The summed E-state index contributed by atoms with van der Waals surface area (Å²) in [5, 5.41) is 20.5. The highest BCUT2D eigenvalue weighted by Crippen LogP contribution is 2.29. The molecule has 0 aliphatic carbocycles. The number of alkyl halides is 1. The number of aromatic nitrogens is 2. The Labute approximate surface area is 150 Å². The molecule has 0 N–H and O–H groups in total. The van der Waals surface area contributed by atoms with Gasteiger partial charge >= 0.3 is 0 Å². The smallest absolute Gasteiger partial charge is 0.273 e. The highest BCUT2D eigenvalue weighted by atomic mass is 79.9. The predicted octanol–water partition coefficient (Wildman–Crippen LogP) is 4.90. The molecule has 0 spiro atoms. The molecule has 8 heteroatoms. The summed E-state index contributed by atoms with van der Waals surface area (Å²) in [7, 11) is 0. The molecule has 0 radical (unpaired) electrons. The highest BCUT2D eigenvalue weighted by molar-refractivity contribution is 9.09. The van der Waals surface area contributed by atoms with Gasteiger partial charge in [-0.15, -0.1) is 10.2 Å². The first-order chi connectivity index (χ1) is 11.6. The summed E-state index contributed by atoms with van der Waals surface area (Å²) < 4.78 is 5.63. The molecule has 122 valence electrons. The molecule has 0 unspecified atom stereocenters. The van der Waals surface area contributed by atoms with Crippen LogP contribution in [-0.4, -0.2) is 20.5 Å². The molecular formula is C16H11BrClN3O3. The van der Waals surface area contributed by atoms with Crippen LogP contribution in [0.4, 0.5) is 5.69 Å². The van der Waals surface area contributed by atoms with Gasteiger partial charge in [-0.2, -0.15) is 0 Å². The largest absolute Gasteiger partial charge is 0.416 e. The first kappa shape index (κ1) is 16.6. The maximum Gasteiger partial charge on any atom is 0.273 e. The van der Waals surface area contributed by atoms with E-state index >= 15 is 0 Å². The molecule has 3 aromatic rings. The van der Waals surface area contributed by atoms with E-state index in [-0.39, 0.29) is 11.6 Å². The summed E-state index contributed by atoms with van der Waals surface area (Å²) in [6.07, 6.45) is 0.566. The third-order valence-electron chi connectivity index (χ3n) is 3.41. The Hall–Kier alpha value is -2.25. The molecule has 6 nitrogen and oxygen atoms in total. The van der Waals surface area contributed by atoms with Gasteiger partial charge in [0.1, 0.15) is 0 Å². The van der Waals surface area contributed by atoms with Crippen LogP contribution in [0.3, 0.4) is 0 Å². The lowest BCUT2D eigenvalue weighted by Crippen LogP contribution is -1.97. The number of halogens is 2. The molecule has 1 heterocycles. The molecule has 0 fully saturated rings. The Bertz CT molecular complexity index is 881. The third kappa shape index (κ3) is 3.47. The van der Waals surface area contributed by atoms with Gasteiger partial charge in [0.05, 0.1) is 4.92 Å². The van der Waals surface area contributed by atoms with Gasteiger partial charge in [-0.25, -0.2) is 0 Å². The Morgan fingerprint density at radius 3 is 2.33 bits per heavy atom. The van der Waals surface area contributed by atoms with E-state index in [0.717, 1.165) is 5.56 Å². The van der Waals surface area contributed by atoms with Crippen molar-refractivity contribution in [1.29, 1.82) is 0 Å².